The summed E-state index contributed by atoms with van der Waals surface area (Å²) in [4.78, 5) is 5.04. The van der Waals surface area contributed by atoms with Crippen LogP contribution in [-0.2, 0) is 0 Å². The number of benzene rings is 1. The first kappa shape index (κ1) is 14.1. The van der Waals surface area contributed by atoms with E-state index in [-0.39, 0.29) is 0 Å². The highest BCUT2D eigenvalue weighted by molar-refractivity contribution is 7.99. The zero-order valence-corrected chi connectivity index (χ0v) is 13.2. The number of likely N-dealkylation sites (N-methyl/N-ethyl adjacent to an activating group) is 1. The van der Waals surface area contributed by atoms with Crippen molar-refractivity contribution >= 4 is 23.1 Å². The lowest BCUT2D eigenvalue weighted by atomic mass is 10.2. The van der Waals surface area contributed by atoms with Gasteiger partial charge in [0.2, 0.25) is 0 Å². The maximum Gasteiger partial charge on any atom is 0.0387 e. The molecule has 0 bridgehead atoms. The highest BCUT2D eigenvalue weighted by Crippen LogP contribution is 2.25. The highest BCUT2D eigenvalue weighted by Gasteiger charge is 2.17. The summed E-state index contributed by atoms with van der Waals surface area (Å²) in [6, 6.07) is 9.62. The molecule has 0 unspecified atom stereocenters. The van der Waals surface area contributed by atoms with Crippen LogP contribution in [0.25, 0.3) is 0 Å². The van der Waals surface area contributed by atoms with Crippen LogP contribution in [0.15, 0.2) is 24.3 Å². The van der Waals surface area contributed by atoms with E-state index in [4.69, 9.17) is 0 Å². The molecule has 110 valence electrons. The predicted octanol–water partition coefficient (Wildman–Crippen LogP) is 2.75. The van der Waals surface area contributed by atoms with E-state index in [2.05, 4.69) is 58.1 Å². The van der Waals surface area contributed by atoms with Gasteiger partial charge in [0.1, 0.15) is 0 Å². The van der Waals surface area contributed by atoms with Crippen LogP contribution in [0.2, 0.25) is 0 Å². The fraction of sp³-hybridized carbons (Fsp3) is 0.625. The van der Waals surface area contributed by atoms with Gasteiger partial charge < -0.3 is 15.1 Å². The van der Waals surface area contributed by atoms with Gasteiger partial charge in [-0.05, 0) is 36.9 Å². The molecule has 0 radical (unpaired) electrons. The average molecular weight is 291 g/mol. The second kappa shape index (κ2) is 6.72. The Hall–Kier alpha value is -0.870. The molecule has 2 saturated heterocycles. The lowest BCUT2D eigenvalue weighted by molar-refractivity contribution is 0.271. The molecule has 2 aliphatic heterocycles. The summed E-state index contributed by atoms with van der Waals surface area (Å²) in [6.45, 7) is 8.10. The minimum Gasteiger partial charge on any atom is -0.381 e. The van der Waals surface area contributed by atoms with Crippen LogP contribution in [-0.4, -0.2) is 55.2 Å². The van der Waals surface area contributed by atoms with Gasteiger partial charge in [-0.3, -0.25) is 0 Å². The molecule has 2 aliphatic rings. The van der Waals surface area contributed by atoms with Crippen LogP contribution in [0, 0.1) is 0 Å². The number of nitrogens with one attached hydrogen (secondary N) is 1. The molecular formula is C16H25N3S. The van der Waals surface area contributed by atoms with Crippen molar-refractivity contribution in [3.8, 4) is 0 Å². The van der Waals surface area contributed by atoms with Crippen LogP contribution in [0.5, 0.6) is 0 Å². The van der Waals surface area contributed by atoms with E-state index >= 15 is 0 Å². The van der Waals surface area contributed by atoms with Gasteiger partial charge in [-0.1, -0.05) is 13.0 Å². The van der Waals surface area contributed by atoms with E-state index < -0.39 is 0 Å². The second-order valence-corrected chi connectivity index (χ2v) is 6.83. The van der Waals surface area contributed by atoms with Crippen LogP contribution < -0.4 is 10.2 Å². The molecule has 20 heavy (non-hydrogen) atoms. The number of hydrogen-bond acceptors (Lipinski definition) is 4. The zero-order chi connectivity index (χ0) is 13.8. The smallest absolute Gasteiger partial charge is 0.0387 e. The molecule has 1 aromatic rings. The quantitative estimate of drug-likeness (QED) is 0.919. The molecule has 1 N–H and O–H groups in total. The lowest BCUT2D eigenvalue weighted by Gasteiger charge is -2.35. The number of nitrogens with zero attached hydrogens (tertiary/aromatic N) is 2. The zero-order valence-electron chi connectivity index (χ0n) is 12.3. The maximum atomic E-state index is 3.68. The Labute approximate surface area is 126 Å². The van der Waals surface area contributed by atoms with Crippen molar-refractivity contribution in [3.63, 3.8) is 0 Å². The van der Waals surface area contributed by atoms with E-state index in [1.54, 1.807) is 0 Å². The molecule has 1 atom stereocenters. The number of thioether (sulfide) groups is 1. The highest BCUT2D eigenvalue weighted by atomic mass is 32.2. The van der Waals surface area contributed by atoms with Crippen LogP contribution in [0.4, 0.5) is 11.4 Å². The fourth-order valence-electron chi connectivity index (χ4n) is 3.00. The Balaban J connectivity index is 1.62. The molecule has 2 fully saturated rings. The number of anilines is 2. The molecule has 3 nitrogen and oxygen atoms in total. The molecule has 1 aromatic carbocycles. The second-order valence-electron chi connectivity index (χ2n) is 5.68. The van der Waals surface area contributed by atoms with Gasteiger partial charge in [0.25, 0.3) is 0 Å². The minimum absolute atomic E-state index is 0.659. The van der Waals surface area contributed by atoms with Crippen LogP contribution in [0.3, 0.4) is 0 Å². The Morgan fingerprint density at radius 2 is 2.10 bits per heavy atom. The van der Waals surface area contributed by atoms with Gasteiger partial charge in [-0.2, -0.15) is 11.8 Å². The summed E-state index contributed by atoms with van der Waals surface area (Å²) < 4.78 is 0. The first-order valence-corrected chi connectivity index (χ1v) is 8.92. The topological polar surface area (TPSA) is 18.5 Å². The third kappa shape index (κ3) is 3.41. The number of hydrogen-bond donors (Lipinski definition) is 1. The average Bonchev–Trinajstić information content (AvgIpc) is 3.01. The molecule has 0 amide bonds. The van der Waals surface area contributed by atoms with E-state index in [1.165, 1.54) is 48.9 Å². The van der Waals surface area contributed by atoms with E-state index in [0.29, 0.717) is 6.04 Å². The van der Waals surface area contributed by atoms with Gasteiger partial charge in [-0.15, -0.1) is 0 Å². The van der Waals surface area contributed by atoms with E-state index in [1.807, 2.05) is 0 Å². The van der Waals surface area contributed by atoms with Gasteiger partial charge in [-0.25, -0.2) is 0 Å². The summed E-state index contributed by atoms with van der Waals surface area (Å²) in [5.74, 6) is 2.55. The summed E-state index contributed by atoms with van der Waals surface area (Å²) in [6.07, 6.45) is 1.30. The molecular weight excluding hydrogens is 266 g/mol. The Kier molecular flexibility index (Phi) is 4.73. The maximum absolute atomic E-state index is 3.68. The minimum atomic E-state index is 0.659. The summed E-state index contributed by atoms with van der Waals surface area (Å²) in [7, 11) is 0. The SMILES string of the molecule is CCN1CCN(c2cccc(N[C@H]3CCSC3)c2)CC1. The van der Waals surface area contributed by atoms with Crippen molar-refractivity contribution in [2.24, 2.45) is 0 Å². The number of rotatable bonds is 4. The summed E-state index contributed by atoms with van der Waals surface area (Å²) >= 11 is 2.06. The standard InChI is InChI=1S/C16H25N3S/c1-2-18-7-9-19(10-8-18)16-5-3-4-14(12-16)17-15-6-11-20-13-15/h3-5,12,15,17H,2,6-11,13H2,1H3/t15-/m0/s1. The molecule has 2 heterocycles. The first-order chi connectivity index (χ1) is 9.85. The van der Waals surface area contributed by atoms with Gasteiger partial charge in [0, 0.05) is 49.3 Å². The fourth-order valence-corrected chi connectivity index (χ4v) is 4.15. The molecule has 4 heteroatoms. The van der Waals surface area contributed by atoms with Gasteiger partial charge in [0.05, 0.1) is 0 Å². The van der Waals surface area contributed by atoms with Gasteiger partial charge in [0.15, 0.2) is 0 Å². The van der Waals surface area contributed by atoms with Crippen molar-refractivity contribution in [2.45, 2.75) is 19.4 Å². The summed E-state index contributed by atoms with van der Waals surface area (Å²) in [5, 5.41) is 3.68. The van der Waals surface area contributed by atoms with Crippen molar-refractivity contribution in [3.05, 3.63) is 24.3 Å². The van der Waals surface area contributed by atoms with Gasteiger partial charge >= 0.3 is 0 Å². The molecule has 0 aromatic heterocycles. The third-order valence-electron chi connectivity index (χ3n) is 4.33. The molecule has 0 aliphatic carbocycles. The monoisotopic (exact) mass is 291 g/mol. The van der Waals surface area contributed by atoms with Crippen LogP contribution >= 0.6 is 11.8 Å². The Morgan fingerprint density at radius 1 is 1.25 bits per heavy atom. The Bertz CT molecular complexity index is 423. The predicted molar refractivity (Wildman–Crippen MR) is 90.1 cm³/mol. The molecule has 0 saturated carbocycles. The van der Waals surface area contributed by atoms with Crippen molar-refractivity contribution < 1.29 is 0 Å². The van der Waals surface area contributed by atoms with Crippen molar-refractivity contribution in [2.75, 3.05) is 54.4 Å². The van der Waals surface area contributed by atoms with Crippen molar-refractivity contribution in [1.82, 2.24) is 4.90 Å². The normalized spacial score (nSPS) is 24.1. The van der Waals surface area contributed by atoms with Crippen molar-refractivity contribution in [1.29, 1.82) is 0 Å². The molecule has 0 spiro atoms. The Morgan fingerprint density at radius 3 is 2.80 bits per heavy atom. The molecule has 3 rings (SSSR count). The lowest BCUT2D eigenvalue weighted by Crippen LogP contribution is -2.46. The van der Waals surface area contributed by atoms with E-state index in [0.717, 1.165) is 13.1 Å². The first-order valence-electron chi connectivity index (χ1n) is 7.77. The largest absolute Gasteiger partial charge is 0.381 e. The van der Waals surface area contributed by atoms with E-state index in [9.17, 15) is 0 Å². The number of piperazine rings is 1. The van der Waals surface area contributed by atoms with Crippen LogP contribution in [0.1, 0.15) is 13.3 Å². The third-order valence-corrected chi connectivity index (χ3v) is 5.49. The summed E-state index contributed by atoms with van der Waals surface area (Å²) in [5.41, 5.74) is 2.66.